The van der Waals surface area contributed by atoms with E-state index in [2.05, 4.69) is 12.2 Å². The SMILES string of the molecule is CCCCCCCCCCCCCCCC(=O)N[C@H](CCC(=O)OC(C)(C)C)C(=O)ON1C(=O)CCC1=O. The van der Waals surface area contributed by atoms with Gasteiger partial charge in [0.25, 0.3) is 11.8 Å². The third-order valence-electron chi connectivity index (χ3n) is 6.37. The number of nitrogens with zero attached hydrogens (tertiary/aromatic N) is 1. The second-order valence-corrected chi connectivity index (χ2v) is 11.2. The van der Waals surface area contributed by atoms with Gasteiger partial charge in [-0.15, -0.1) is 5.06 Å². The highest BCUT2D eigenvalue weighted by Crippen LogP contribution is 2.16. The molecule has 0 bridgehead atoms. The van der Waals surface area contributed by atoms with Crippen molar-refractivity contribution in [3.63, 3.8) is 0 Å². The molecule has 1 fully saturated rings. The number of unbranched alkanes of at least 4 members (excludes halogenated alkanes) is 12. The first-order valence-corrected chi connectivity index (χ1v) is 14.6. The van der Waals surface area contributed by atoms with Crippen molar-refractivity contribution in [2.24, 2.45) is 0 Å². The molecule has 1 atom stereocenters. The molecule has 0 aromatic carbocycles. The van der Waals surface area contributed by atoms with Crippen LogP contribution >= 0.6 is 0 Å². The lowest BCUT2D eigenvalue weighted by Crippen LogP contribution is -2.45. The van der Waals surface area contributed by atoms with Crippen LogP contribution in [0, 0.1) is 0 Å². The van der Waals surface area contributed by atoms with E-state index in [9.17, 15) is 24.0 Å². The summed E-state index contributed by atoms with van der Waals surface area (Å²) in [5.41, 5.74) is -0.682. The van der Waals surface area contributed by atoms with Gasteiger partial charge in [-0.05, 0) is 33.6 Å². The van der Waals surface area contributed by atoms with Gasteiger partial charge in [0.15, 0.2) is 0 Å². The largest absolute Gasteiger partial charge is 0.460 e. The Morgan fingerprint density at radius 2 is 1.26 bits per heavy atom. The fourth-order valence-electron chi connectivity index (χ4n) is 4.28. The van der Waals surface area contributed by atoms with E-state index < -0.39 is 35.4 Å². The van der Waals surface area contributed by atoms with E-state index in [1.165, 1.54) is 57.8 Å². The Labute approximate surface area is 228 Å². The molecular weight excluding hydrogens is 488 g/mol. The summed E-state index contributed by atoms with van der Waals surface area (Å²) < 4.78 is 5.27. The third kappa shape index (κ3) is 15.7. The molecule has 1 N–H and O–H groups in total. The summed E-state index contributed by atoms with van der Waals surface area (Å²) in [5.74, 6) is -3.01. The highest BCUT2D eigenvalue weighted by molar-refractivity contribution is 6.02. The number of carbonyl (C=O) groups is 5. The summed E-state index contributed by atoms with van der Waals surface area (Å²) in [6.07, 6.45) is 15.6. The maximum atomic E-state index is 12.7. The molecular formula is C29H50N2O7. The zero-order valence-corrected chi connectivity index (χ0v) is 24.1. The number of nitrogens with one attached hydrogen (secondary N) is 1. The second-order valence-electron chi connectivity index (χ2n) is 11.2. The maximum Gasteiger partial charge on any atom is 0.355 e. The smallest absolute Gasteiger partial charge is 0.355 e. The van der Waals surface area contributed by atoms with Gasteiger partial charge in [0, 0.05) is 25.7 Å². The Hall–Kier alpha value is -2.45. The van der Waals surface area contributed by atoms with Gasteiger partial charge >= 0.3 is 11.9 Å². The number of hydrogen-bond donors (Lipinski definition) is 1. The summed E-state index contributed by atoms with van der Waals surface area (Å²) >= 11 is 0. The van der Waals surface area contributed by atoms with E-state index in [1.54, 1.807) is 20.8 Å². The molecule has 0 aromatic heterocycles. The van der Waals surface area contributed by atoms with Gasteiger partial charge in [-0.2, -0.15) is 0 Å². The van der Waals surface area contributed by atoms with Gasteiger partial charge in [-0.1, -0.05) is 84.0 Å². The highest BCUT2D eigenvalue weighted by Gasteiger charge is 2.35. The molecule has 0 radical (unpaired) electrons. The molecule has 1 saturated heterocycles. The third-order valence-corrected chi connectivity index (χ3v) is 6.37. The maximum absolute atomic E-state index is 12.7. The van der Waals surface area contributed by atoms with Gasteiger partial charge in [0.05, 0.1) is 0 Å². The van der Waals surface area contributed by atoms with Crippen LogP contribution in [0.15, 0.2) is 0 Å². The lowest BCUT2D eigenvalue weighted by molar-refractivity contribution is -0.199. The first-order chi connectivity index (χ1) is 18.0. The lowest BCUT2D eigenvalue weighted by atomic mass is 10.0. The molecule has 1 aliphatic heterocycles. The molecule has 9 heteroatoms. The molecule has 218 valence electrons. The lowest BCUT2D eigenvalue weighted by Gasteiger charge is -2.22. The number of amides is 3. The number of hydroxylamine groups is 2. The van der Waals surface area contributed by atoms with Crippen LogP contribution in [0.4, 0.5) is 0 Å². The Balaban J connectivity index is 2.36. The Bertz CT molecular complexity index is 745. The Morgan fingerprint density at radius 3 is 1.74 bits per heavy atom. The number of imide groups is 1. The van der Waals surface area contributed by atoms with Gasteiger partial charge in [0.2, 0.25) is 5.91 Å². The molecule has 3 amide bonds. The van der Waals surface area contributed by atoms with Crippen LogP contribution in [-0.2, 0) is 33.5 Å². The van der Waals surface area contributed by atoms with Gasteiger partial charge in [-0.25, -0.2) is 4.79 Å². The van der Waals surface area contributed by atoms with E-state index in [-0.39, 0.29) is 38.0 Å². The normalized spacial score (nSPS) is 14.5. The average Bonchev–Trinajstić information content (AvgIpc) is 3.15. The minimum absolute atomic E-state index is 0.0277. The van der Waals surface area contributed by atoms with Crippen molar-refractivity contribution in [2.75, 3.05) is 0 Å². The fourth-order valence-corrected chi connectivity index (χ4v) is 4.28. The molecule has 0 unspecified atom stereocenters. The van der Waals surface area contributed by atoms with Crippen LogP contribution in [0.3, 0.4) is 0 Å². The standard InChI is InChI=1S/C29H50N2O7/c1-5-6-7-8-9-10-11-12-13-14-15-16-17-18-24(32)30-23(19-22-27(35)37-29(2,3)4)28(36)38-31-25(33)20-21-26(31)34/h23H,5-22H2,1-4H3,(H,30,32)/t23-/m1/s1. The minimum atomic E-state index is -1.17. The summed E-state index contributed by atoms with van der Waals surface area (Å²) in [6, 6.07) is -1.17. The Kier molecular flexibility index (Phi) is 16.6. The molecule has 1 heterocycles. The zero-order valence-electron chi connectivity index (χ0n) is 24.1. The second kappa shape index (κ2) is 18.7. The molecule has 0 saturated carbocycles. The minimum Gasteiger partial charge on any atom is -0.460 e. The van der Waals surface area contributed by atoms with E-state index in [0.29, 0.717) is 11.5 Å². The van der Waals surface area contributed by atoms with E-state index in [0.717, 1.165) is 19.3 Å². The predicted molar refractivity (Wildman–Crippen MR) is 145 cm³/mol. The zero-order chi connectivity index (χ0) is 28.4. The topological polar surface area (TPSA) is 119 Å². The summed E-state index contributed by atoms with van der Waals surface area (Å²) in [6.45, 7) is 7.44. The van der Waals surface area contributed by atoms with Crippen LogP contribution in [-0.4, -0.2) is 46.4 Å². The van der Waals surface area contributed by atoms with Crippen LogP contribution in [0.2, 0.25) is 0 Å². The van der Waals surface area contributed by atoms with E-state index >= 15 is 0 Å². The molecule has 1 aliphatic rings. The van der Waals surface area contributed by atoms with E-state index in [4.69, 9.17) is 9.57 Å². The monoisotopic (exact) mass is 538 g/mol. The molecule has 0 aliphatic carbocycles. The van der Waals surface area contributed by atoms with Crippen molar-refractivity contribution in [3.8, 4) is 0 Å². The molecule has 9 nitrogen and oxygen atoms in total. The molecule has 38 heavy (non-hydrogen) atoms. The first-order valence-electron chi connectivity index (χ1n) is 14.6. The first kappa shape index (κ1) is 33.6. The van der Waals surface area contributed by atoms with Crippen molar-refractivity contribution in [3.05, 3.63) is 0 Å². The number of esters is 1. The molecule has 1 rings (SSSR count). The van der Waals surface area contributed by atoms with Crippen molar-refractivity contribution in [2.45, 2.75) is 155 Å². The number of hydrogen-bond acceptors (Lipinski definition) is 7. The Morgan fingerprint density at radius 1 is 0.789 bits per heavy atom. The van der Waals surface area contributed by atoms with E-state index in [1.807, 2.05) is 0 Å². The average molecular weight is 539 g/mol. The summed E-state index contributed by atoms with van der Waals surface area (Å²) in [7, 11) is 0. The fraction of sp³-hybridized carbons (Fsp3) is 0.828. The number of carbonyl (C=O) groups excluding carboxylic acids is 5. The van der Waals surface area contributed by atoms with Gasteiger partial charge in [-0.3, -0.25) is 19.2 Å². The van der Waals surface area contributed by atoms with Gasteiger partial charge < -0.3 is 14.9 Å². The van der Waals surface area contributed by atoms with Crippen molar-refractivity contribution < 1.29 is 33.5 Å². The highest BCUT2D eigenvalue weighted by atomic mass is 16.7. The summed E-state index contributed by atoms with van der Waals surface area (Å²) in [4.78, 5) is 65.9. The van der Waals surface area contributed by atoms with Crippen LogP contribution in [0.1, 0.15) is 143 Å². The van der Waals surface area contributed by atoms with Crippen LogP contribution < -0.4 is 5.32 Å². The van der Waals surface area contributed by atoms with Crippen molar-refractivity contribution >= 4 is 29.7 Å². The quantitative estimate of drug-likeness (QED) is 0.120. The molecule has 0 aromatic rings. The van der Waals surface area contributed by atoms with Crippen LogP contribution in [0.5, 0.6) is 0 Å². The van der Waals surface area contributed by atoms with Crippen LogP contribution in [0.25, 0.3) is 0 Å². The number of rotatable bonds is 20. The predicted octanol–water partition coefficient (Wildman–Crippen LogP) is 5.68. The van der Waals surface area contributed by atoms with Crippen molar-refractivity contribution in [1.29, 1.82) is 0 Å². The van der Waals surface area contributed by atoms with Gasteiger partial charge in [0.1, 0.15) is 11.6 Å². The number of ether oxygens (including phenoxy) is 1. The summed E-state index contributed by atoms with van der Waals surface area (Å²) in [5, 5.41) is 3.06. The van der Waals surface area contributed by atoms with Crippen molar-refractivity contribution in [1.82, 2.24) is 10.4 Å². The molecule has 0 spiro atoms.